The number of esters is 1. The molecule has 1 amide bonds. The summed E-state index contributed by atoms with van der Waals surface area (Å²) in [5.74, 6) is -0.943. The van der Waals surface area contributed by atoms with Gasteiger partial charge in [0.25, 0.3) is 5.69 Å². The highest BCUT2D eigenvalue weighted by molar-refractivity contribution is 5.95. The van der Waals surface area contributed by atoms with Crippen LogP contribution in [0.1, 0.15) is 34.0 Å². The topological polar surface area (TPSA) is 111 Å². The fourth-order valence-corrected chi connectivity index (χ4v) is 2.47. The van der Waals surface area contributed by atoms with Gasteiger partial charge in [0.1, 0.15) is 6.10 Å². The number of carbonyl (C=O) groups excluding carboxylic acids is 2. The maximum Gasteiger partial charge on any atom is 0.339 e. The quantitative estimate of drug-likeness (QED) is 0.510. The number of ether oxygens (including phenoxy) is 1. The van der Waals surface area contributed by atoms with Crippen molar-refractivity contribution >= 4 is 17.6 Å². The zero-order valence-electron chi connectivity index (χ0n) is 12.5. The summed E-state index contributed by atoms with van der Waals surface area (Å²) in [5, 5.41) is 13.5. The molecule has 0 fully saturated rings. The van der Waals surface area contributed by atoms with Crippen molar-refractivity contribution in [3.05, 3.63) is 69.5 Å². The molecule has 0 radical (unpaired) electrons. The monoisotopic (exact) mass is 327 g/mol. The van der Waals surface area contributed by atoms with Gasteiger partial charge in [0, 0.05) is 36.6 Å². The molecule has 1 aliphatic heterocycles. The van der Waals surface area contributed by atoms with Crippen LogP contribution in [0.3, 0.4) is 0 Å². The Labute approximate surface area is 136 Å². The standard InChI is InChI=1S/C16H13N3O5/c20-15(18-9-10-2-1-5-17-8-10)7-14-12-4-3-11(19(22)23)6-13(12)16(21)24-14/h1-6,8,14H,7,9H2,(H,18,20). The Morgan fingerprint density at radius 1 is 1.38 bits per heavy atom. The predicted octanol–water partition coefficient (Wildman–Crippen LogP) is 1.91. The average Bonchev–Trinajstić information content (AvgIpc) is 2.89. The van der Waals surface area contributed by atoms with Gasteiger partial charge in [0.05, 0.1) is 16.9 Å². The molecule has 1 aliphatic rings. The minimum atomic E-state index is -0.734. The Kier molecular flexibility index (Phi) is 4.19. The van der Waals surface area contributed by atoms with Gasteiger partial charge in [-0.05, 0) is 17.7 Å². The number of benzene rings is 1. The van der Waals surface area contributed by atoms with E-state index >= 15 is 0 Å². The molecular weight excluding hydrogens is 314 g/mol. The summed E-state index contributed by atoms with van der Waals surface area (Å²) >= 11 is 0. The summed E-state index contributed by atoms with van der Waals surface area (Å²) in [6.07, 6.45) is 2.50. The first-order valence-electron chi connectivity index (χ1n) is 7.19. The smallest absolute Gasteiger partial charge is 0.339 e. The van der Waals surface area contributed by atoms with Gasteiger partial charge in [-0.25, -0.2) is 4.79 Å². The maximum atomic E-state index is 12.0. The normalized spacial score (nSPS) is 15.5. The zero-order chi connectivity index (χ0) is 17.1. The van der Waals surface area contributed by atoms with Crippen LogP contribution in [0, 0.1) is 10.1 Å². The number of hydrogen-bond donors (Lipinski definition) is 1. The van der Waals surface area contributed by atoms with Gasteiger partial charge in [-0.2, -0.15) is 0 Å². The number of nitro benzene ring substituents is 1. The van der Waals surface area contributed by atoms with Crippen molar-refractivity contribution in [2.75, 3.05) is 0 Å². The number of hydrogen-bond acceptors (Lipinski definition) is 6. The number of rotatable bonds is 5. The van der Waals surface area contributed by atoms with Crippen LogP contribution >= 0.6 is 0 Å². The first-order valence-corrected chi connectivity index (χ1v) is 7.19. The van der Waals surface area contributed by atoms with Crippen LogP contribution in [-0.4, -0.2) is 21.8 Å². The number of pyridine rings is 1. The summed E-state index contributed by atoms with van der Waals surface area (Å²) in [6.45, 7) is 0.320. The molecule has 1 aromatic heterocycles. The maximum absolute atomic E-state index is 12.0. The molecule has 24 heavy (non-hydrogen) atoms. The van der Waals surface area contributed by atoms with Crippen LogP contribution in [0.5, 0.6) is 0 Å². The lowest BCUT2D eigenvalue weighted by atomic mass is 10.0. The van der Waals surface area contributed by atoms with E-state index in [4.69, 9.17) is 4.74 Å². The van der Waals surface area contributed by atoms with Crippen LogP contribution in [-0.2, 0) is 16.1 Å². The third kappa shape index (κ3) is 3.22. The summed E-state index contributed by atoms with van der Waals surface area (Å²) < 4.78 is 5.15. The number of nitrogens with zero attached hydrogens (tertiary/aromatic N) is 2. The number of nitro groups is 1. The molecule has 0 aliphatic carbocycles. The second-order valence-corrected chi connectivity index (χ2v) is 5.26. The molecule has 1 unspecified atom stereocenters. The molecule has 3 rings (SSSR count). The Morgan fingerprint density at radius 2 is 2.21 bits per heavy atom. The van der Waals surface area contributed by atoms with E-state index in [2.05, 4.69) is 10.3 Å². The minimum absolute atomic E-state index is 0.0448. The number of aromatic nitrogens is 1. The van der Waals surface area contributed by atoms with E-state index < -0.39 is 17.0 Å². The van der Waals surface area contributed by atoms with Crippen molar-refractivity contribution in [1.82, 2.24) is 10.3 Å². The van der Waals surface area contributed by atoms with E-state index in [-0.39, 0.29) is 23.6 Å². The molecule has 0 spiro atoms. The highest BCUT2D eigenvalue weighted by Gasteiger charge is 2.33. The second-order valence-electron chi connectivity index (χ2n) is 5.26. The molecule has 1 atom stereocenters. The molecule has 2 heterocycles. The van der Waals surface area contributed by atoms with Crippen LogP contribution in [0.2, 0.25) is 0 Å². The van der Waals surface area contributed by atoms with Crippen molar-refractivity contribution in [2.45, 2.75) is 19.1 Å². The second kappa shape index (κ2) is 6.45. The van der Waals surface area contributed by atoms with Gasteiger partial charge >= 0.3 is 5.97 Å². The molecule has 1 N–H and O–H groups in total. The lowest BCUT2D eigenvalue weighted by molar-refractivity contribution is -0.384. The molecular formula is C16H13N3O5. The molecule has 122 valence electrons. The van der Waals surface area contributed by atoms with Crippen molar-refractivity contribution in [3.63, 3.8) is 0 Å². The number of non-ortho nitro benzene ring substituents is 1. The van der Waals surface area contributed by atoms with E-state index in [1.165, 1.54) is 18.2 Å². The van der Waals surface area contributed by atoms with Crippen LogP contribution in [0.4, 0.5) is 5.69 Å². The van der Waals surface area contributed by atoms with Gasteiger partial charge in [-0.1, -0.05) is 6.07 Å². The van der Waals surface area contributed by atoms with Gasteiger partial charge in [0.15, 0.2) is 0 Å². The Morgan fingerprint density at radius 3 is 2.92 bits per heavy atom. The largest absolute Gasteiger partial charge is 0.453 e. The molecule has 8 heteroatoms. The van der Waals surface area contributed by atoms with Crippen LogP contribution < -0.4 is 5.32 Å². The van der Waals surface area contributed by atoms with Crippen LogP contribution in [0.25, 0.3) is 0 Å². The SMILES string of the molecule is O=C(CC1OC(=O)c2cc([N+](=O)[O-])ccc21)NCc1cccnc1. The van der Waals surface area contributed by atoms with Crippen molar-refractivity contribution < 1.29 is 19.2 Å². The molecule has 1 aromatic carbocycles. The Balaban J connectivity index is 1.66. The van der Waals surface area contributed by atoms with E-state index in [0.29, 0.717) is 12.1 Å². The van der Waals surface area contributed by atoms with Crippen molar-refractivity contribution in [2.24, 2.45) is 0 Å². The molecule has 0 saturated carbocycles. The number of cyclic esters (lactones) is 1. The number of amides is 1. The highest BCUT2D eigenvalue weighted by Crippen LogP contribution is 2.34. The highest BCUT2D eigenvalue weighted by atomic mass is 16.6. The Hall–Kier alpha value is -3.29. The van der Waals surface area contributed by atoms with Crippen LogP contribution in [0.15, 0.2) is 42.7 Å². The summed E-state index contributed by atoms with van der Waals surface area (Å²) in [5.41, 5.74) is 1.29. The van der Waals surface area contributed by atoms with Gasteiger partial charge in [-0.15, -0.1) is 0 Å². The Bertz CT molecular complexity index is 807. The van der Waals surface area contributed by atoms with E-state index in [1.807, 2.05) is 6.07 Å². The van der Waals surface area contributed by atoms with Crippen molar-refractivity contribution in [3.8, 4) is 0 Å². The van der Waals surface area contributed by atoms with E-state index in [1.54, 1.807) is 18.5 Å². The number of fused-ring (bicyclic) bond motifs is 1. The minimum Gasteiger partial charge on any atom is -0.453 e. The first-order chi connectivity index (χ1) is 11.5. The summed E-state index contributed by atoms with van der Waals surface area (Å²) in [4.78, 5) is 38.0. The van der Waals surface area contributed by atoms with Crippen molar-refractivity contribution in [1.29, 1.82) is 0 Å². The predicted molar refractivity (Wildman–Crippen MR) is 82.0 cm³/mol. The summed E-state index contributed by atoms with van der Waals surface area (Å²) in [7, 11) is 0. The lowest BCUT2D eigenvalue weighted by Crippen LogP contribution is -2.24. The number of nitrogens with one attached hydrogen (secondary N) is 1. The fraction of sp³-hybridized carbons (Fsp3) is 0.188. The number of carbonyl (C=O) groups is 2. The first kappa shape index (κ1) is 15.6. The summed E-state index contributed by atoms with van der Waals surface area (Å²) in [6, 6.07) is 7.52. The van der Waals surface area contributed by atoms with Gasteiger partial charge in [-0.3, -0.25) is 19.9 Å². The van der Waals surface area contributed by atoms with Gasteiger partial charge < -0.3 is 10.1 Å². The molecule has 0 saturated heterocycles. The fourth-order valence-electron chi connectivity index (χ4n) is 2.47. The molecule has 8 nitrogen and oxygen atoms in total. The van der Waals surface area contributed by atoms with Gasteiger partial charge in [0.2, 0.25) is 5.91 Å². The molecule has 2 aromatic rings. The average molecular weight is 327 g/mol. The van der Waals surface area contributed by atoms with E-state index in [0.717, 1.165) is 5.56 Å². The third-order valence-corrected chi connectivity index (χ3v) is 3.65. The molecule has 0 bridgehead atoms. The van der Waals surface area contributed by atoms with E-state index in [9.17, 15) is 19.7 Å². The zero-order valence-corrected chi connectivity index (χ0v) is 12.5. The lowest BCUT2D eigenvalue weighted by Gasteiger charge is -2.11. The third-order valence-electron chi connectivity index (χ3n) is 3.65.